The Bertz CT molecular complexity index is 1870. The maximum absolute atomic E-state index is 14.7. The zero-order chi connectivity index (χ0) is 46.8. The SMILES string of the molecule is COc1ccc([C@@H](C)NC(=O)[C@H](COCCOCCOCCN2CC(COc3ccc(NC(=O)NC4NC(CC(=O)N5CCN(C)CC5)CS4)cc3)NN2)SC2NC(=O)NCC2C)c(F)c1. The quantitative estimate of drug-likeness (QED) is 0.0699. The normalized spacial score (nSPS) is 23.4. The molecule has 2 aromatic rings. The lowest BCUT2D eigenvalue weighted by molar-refractivity contribution is -0.133. The number of piperazine rings is 1. The molecule has 6 amide bonds. The van der Waals surface area contributed by atoms with Crippen LogP contribution in [-0.2, 0) is 23.8 Å². The summed E-state index contributed by atoms with van der Waals surface area (Å²) in [6.07, 6.45) is 0.422. The Kier molecular flexibility index (Phi) is 20.5. The fourth-order valence-electron chi connectivity index (χ4n) is 7.40. The lowest BCUT2D eigenvalue weighted by Gasteiger charge is -2.33. The average molecular weight is 964 g/mol. The summed E-state index contributed by atoms with van der Waals surface area (Å²) in [4.78, 5) is 55.0. The van der Waals surface area contributed by atoms with Gasteiger partial charge < -0.3 is 60.1 Å². The highest BCUT2D eigenvalue weighted by Gasteiger charge is 2.33. The highest BCUT2D eigenvalue weighted by molar-refractivity contribution is 8.01. The van der Waals surface area contributed by atoms with Gasteiger partial charge in [0.05, 0.1) is 64.2 Å². The van der Waals surface area contributed by atoms with Gasteiger partial charge in [-0.1, -0.05) is 13.0 Å². The van der Waals surface area contributed by atoms with E-state index in [0.717, 1.165) is 31.9 Å². The number of hydrogen-bond donors (Lipinski definition) is 8. The topological polar surface area (TPSA) is 220 Å². The van der Waals surface area contributed by atoms with Crippen molar-refractivity contribution in [3.05, 3.63) is 53.8 Å². The monoisotopic (exact) mass is 963 g/mol. The van der Waals surface area contributed by atoms with Crippen LogP contribution in [0, 0.1) is 11.7 Å². The number of urea groups is 2. The first-order chi connectivity index (χ1) is 31.9. The van der Waals surface area contributed by atoms with Crippen LogP contribution < -0.4 is 52.3 Å². The molecule has 23 heteroatoms. The van der Waals surface area contributed by atoms with Gasteiger partial charge in [0, 0.05) is 87.3 Å². The molecular formula is C43H66FN11O9S2. The predicted octanol–water partition coefficient (Wildman–Crippen LogP) is 1.48. The van der Waals surface area contributed by atoms with Crippen molar-refractivity contribution in [2.24, 2.45) is 5.92 Å². The highest BCUT2D eigenvalue weighted by atomic mass is 32.2. The number of hydrazine groups is 2. The third kappa shape index (κ3) is 16.6. The van der Waals surface area contributed by atoms with Crippen LogP contribution in [0.15, 0.2) is 42.5 Å². The standard InChI is InChI=1S/C43H66FN11O9S2/c1-28-23-45-41(58)49-40(28)66-37(39(57)46-29(2)35-10-9-34(60-4)22-36(35)44)26-63-20-19-62-18-17-61-16-15-55-24-32(51-52-55)25-64-33-7-5-30(6-8-33)47-42(59)50-43-48-31(27-65-43)21-38(56)54-13-11-53(3)12-14-54/h5-10,22,28-29,31-32,37,40,43,48,51-52H,11-21,23-27H2,1-4H3,(H,46,57)(H2,45,49,58)(H2,47,50,59)/t28?,29-,31?,32?,37+,40?,43?/m1/s1. The van der Waals surface area contributed by atoms with Crippen molar-refractivity contribution in [3.8, 4) is 11.5 Å². The number of nitrogens with zero attached hydrogens (tertiary/aromatic N) is 3. The summed E-state index contributed by atoms with van der Waals surface area (Å²) in [7, 11) is 3.52. The fourth-order valence-corrected chi connectivity index (χ4v) is 9.78. The molecule has 4 aliphatic heterocycles. The molecule has 7 atom stereocenters. The molecule has 4 aliphatic rings. The third-order valence-corrected chi connectivity index (χ3v) is 14.1. The molecule has 5 unspecified atom stereocenters. The van der Waals surface area contributed by atoms with Crippen molar-refractivity contribution in [1.29, 1.82) is 0 Å². The van der Waals surface area contributed by atoms with Gasteiger partial charge in [-0.2, -0.15) is 5.53 Å². The molecule has 4 saturated heterocycles. The highest BCUT2D eigenvalue weighted by Crippen LogP contribution is 2.27. The molecule has 4 heterocycles. The van der Waals surface area contributed by atoms with E-state index >= 15 is 0 Å². The lowest BCUT2D eigenvalue weighted by atomic mass is 10.1. The van der Waals surface area contributed by atoms with Crippen LogP contribution in [-0.4, -0.2) is 179 Å². The number of halogens is 1. The van der Waals surface area contributed by atoms with Gasteiger partial charge in [0.2, 0.25) is 11.8 Å². The second-order valence-electron chi connectivity index (χ2n) is 16.6. The first-order valence-corrected chi connectivity index (χ1v) is 24.4. The molecule has 66 heavy (non-hydrogen) atoms. The maximum Gasteiger partial charge on any atom is 0.321 e. The van der Waals surface area contributed by atoms with Crippen LogP contribution in [0.5, 0.6) is 11.5 Å². The van der Waals surface area contributed by atoms with E-state index in [1.165, 1.54) is 24.9 Å². The van der Waals surface area contributed by atoms with Crippen LogP contribution in [0.25, 0.3) is 0 Å². The summed E-state index contributed by atoms with van der Waals surface area (Å²) in [5.74, 6) is 1.21. The molecule has 0 aliphatic carbocycles. The molecule has 2 aromatic carbocycles. The van der Waals surface area contributed by atoms with Crippen LogP contribution in [0.1, 0.15) is 31.9 Å². The minimum Gasteiger partial charge on any atom is -0.497 e. The average Bonchev–Trinajstić information content (AvgIpc) is 3.96. The zero-order valence-corrected chi connectivity index (χ0v) is 39.7. The number of nitrogens with one attached hydrogen (secondary N) is 8. The van der Waals surface area contributed by atoms with E-state index in [-0.39, 0.29) is 66.0 Å². The number of likely N-dealkylation sites (N-methyl/N-ethyl adjacent to an activating group) is 1. The van der Waals surface area contributed by atoms with Crippen molar-refractivity contribution in [2.75, 3.05) is 117 Å². The van der Waals surface area contributed by atoms with Crippen molar-refractivity contribution >= 4 is 53.1 Å². The van der Waals surface area contributed by atoms with E-state index < -0.39 is 17.1 Å². The third-order valence-electron chi connectivity index (χ3n) is 11.4. The van der Waals surface area contributed by atoms with E-state index in [1.807, 2.05) is 29.0 Å². The number of hydrogen-bond acceptors (Lipinski definition) is 16. The van der Waals surface area contributed by atoms with Gasteiger partial charge in [-0.3, -0.25) is 14.9 Å². The van der Waals surface area contributed by atoms with Crippen LogP contribution in [0.2, 0.25) is 0 Å². The molecule has 0 spiro atoms. The number of anilines is 1. The molecule has 6 rings (SSSR count). The second-order valence-corrected chi connectivity index (χ2v) is 19.1. The predicted molar refractivity (Wildman–Crippen MR) is 250 cm³/mol. The Morgan fingerprint density at radius 1 is 0.970 bits per heavy atom. The van der Waals surface area contributed by atoms with Gasteiger partial charge in [-0.25, -0.2) is 24.4 Å². The summed E-state index contributed by atoms with van der Waals surface area (Å²) in [6.45, 7) is 11.1. The molecule has 4 fully saturated rings. The van der Waals surface area contributed by atoms with E-state index in [9.17, 15) is 23.6 Å². The molecule has 366 valence electrons. The molecule has 20 nitrogen and oxygen atoms in total. The molecule has 0 aromatic heterocycles. The molecular weight excluding hydrogens is 898 g/mol. The van der Waals surface area contributed by atoms with Crippen molar-refractivity contribution in [2.45, 2.75) is 54.5 Å². The van der Waals surface area contributed by atoms with Gasteiger partial charge in [0.25, 0.3) is 0 Å². The van der Waals surface area contributed by atoms with Crippen molar-refractivity contribution in [3.63, 3.8) is 0 Å². The summed E-state index contributed by atoms with van der Waals surface area (Å²) in [6, 6.07) is 10.5. The number of carbonyl (C=O) groups excluding carboxylic acids is 4. The number of thioether (sulfide) groups is 2. The van der Waals surface area contributed by atoms with E-state index in [4.69, 9.17) is 23.7 Å². The number of amides is 6. The summed E-state index contributed by atoms with van der Waals surface area (Å²) in [5.41, 5.74) is 7.05. The number of benzene rings is 2. The molecule has 0 saturated carbocycles. The van der Waals surface area contributed by atoms with E-state index in [1.54, 1.807) is 43.0 Å². The van der Waals surface area contributed by atoms with Crippen molar-refractivity contribution in [1.82, 2.24) is 52.4 Å². The van der Waals surface area contributed by atoms with Gasteiger partial charge in [-0.05, 0) is 44.3 Å². The van der Waals surface area contributed by atoms with Gasteiger partial charge in [0.15, 0.2) is 0 Å². The van der Waals surface area contributed by atoms with E-state index in [0.29, 0.717) is 81.8 Å². The number of carbonyl (C=O) groups is 4. The number of ether oxygens (including phenoxy) is 5. The second kappa shape index (κ2) is 26.4. The molecule has 0 radical (unpaired) electrons. The Morgan fingerprint density at radius 3 is 2.44 bits per heavy atom. The Hall–Kier alpha value is -4.17. The fraction of sp³-hybridized carbons (Fsp3) is 0.628. The first kappa shape index (κ1) is 51.2. The van der Waals surface area contributed by atoms with Gasteiger partial charge in [-0.15, -0.1) is 23.5 Å². The largest absolute Gasteiger partial charge is 0.497 e. The summed E-state index contributed by atoms with van der Waals surface area (Å²) in [5, 5.41) is 18.7. The summed E-state index contributed by atoms with van der Waals surface area (Å²) >= 11 is 2.88. The van der Waals surface area contributed by atoms with Gasteiger partial charge in [0.1, 0.15) is 34.7 Å². The van der Waals surface area contributed by atoms with Crippen LogP contribution >= 0.6 is 23.5 Å². The zero-order valence-electron chi connectivity index (χ0n) is 38.1. The Balaban J connectivity index is 0.788. The minimum atomic E-state index is -0.676. The van der Waals surface area contributed by atoms with Gasteiger partial charge >= 0.3 is 12.1 Å². The Morgan fingerprint density at radius 2 is 1.70 bits per heavy atom. The molecule has 8 N–H and O–H groups in total. The van der Waals surface area contributed by atoms with E-state index in [2.05, 4.69) is 54.8 Å². The Labute approximate surface area is 394 Å². The minimum absolute atomic E-state index is 0.0150. The number of methoxy groups -OCH3 is 1. The van der Waals surface area contributed by atoms with Crippen LogP contribution in [0.3, 0.4) is 0 Å². The van der Waals surface area contributed by atoms with Crippen molar-refractivity contribution < 1.29 is 47.3 Å². The first-order valence-electron chi connectivity index (χ1n) is 22.4. The lowest BCUT2D eigenvalue weighted by Crippen LogP contribution is -2.54. The maximum atomic E-state index is 14.7. The summed E-state index contributed by atoms with van der Waals surface area (Å²) < 4.78 is 43.1. The molecule has 0 bridgehead atoms. The van der Waals surface area contributed by atoms with Crippen LogP contribution in [0.4, 0.5) is 19.7 Å². The number of rotatable bonds is 24. The smallest absolute Gasteiger partial charge is 0.321 e.